The highest BCUT2D eigenvalue weighted by Crippen LogP contribution is 2.35. The van der Waals surface area contributed by atoms with E-state index in [1.807, 2.05) is 12.4 Å². The number of aryl methyl sites for hydroxylation is 3. The van der Waals surface area contributed by atoms with Gasteiger partial charge in [-0.05, 0) is 54.7 Å². The molecule has 3 rings (SSSR count). The van der Waals surface area contributed by atoms with E-state index in [2.05, 4.69) is 48.9 Å². The number of unbranched alkanes of at least 4 members (excludes halogenated alkanes) is 6. The van der Waals surface area contributed by atoms with E-state index in [1.165, 1.54) is 107 Å². The predicted octanol–water partition coefficient (Wildman–Crippen LogP) is 9.28. The predicted molar refractivity (Wildman–Crippen MR) is 143 cm³/mol. The number of nitrogens with zero attached hydrogens (tertiary/aromatic N) is 2. The Morgan fingerprint density at radius 3 is 1.97 bits per heavy atom. The molecule has 0 radical (unpaired) electrons. The molecule has 0 unspecified atom stereocenters. The van der Waals surface area contributed by atoms with Gasteiger partial charge in [0, 0.05) is 24.4 Å². The summed E-state index contributed by atoms with van der Waals surface area (Å²) in [7, 11) is 0. The third-order valence-electron chi connectivity index (χ3n) is 7.86. The minimum atomic E-state index is 0.939. The van der Waals surface area contributed by atoms with Crippen LogP contribution >= 0.6 is 0 Å². The highest BCUT2D eigenvalue weighted by molar-refractivity contribution is 5.63. The molecule has 0 spiro atoms. The molecule has 182 valence electrons. The van der Waals surface area contributed by atoms with Crippen LogP contribution in [-0.4, -0.2) is 9.97 Å². The summed E-state index contributed by atoms with van der Waals surface area (Å²) >= 11 is 0. The van der Waals surface area contributed by atoms with Gasteiger partial charge < -0.3 is 0 Å². The van der Waals surface area contributed by atoms with Crippen LogP contribution in [0.5, 0.6) is 0 Å². The summed E-state index contributed by atoms with van der Waals surface area (Å²) in [6, 6.07) is 6.93. The molecule has 0 N–H and O–H groups in total. The number of aromatic nitrogens is 2. The van der Waals surface area contributed by atoms with Crippen molar-refractivity contribution >= 4 is 0 Å². The lowest BCUT2D eigenvalue weighted by molar-refractivity contribution is 0.248. The van der Waals surface area contributed by atoms with Gasteiger partial charge in [-0.3, -0.25) is 0 Å². The van der Waals surface area contributed by atoms with Crippen LogP contribution in [0.2, 0.25) is 0 Å². The zero-order valence-corrected chi connectivity index (χ0v) is 21.7. The van der Waals surface area contributed by atoms with Crippen molar-refractivity contribution in [1.82, 2.24) is 9.97 Å². The van der Waals surface area contributed by atoms with Crippen LogP contribution in [0.1, 0.15) is 121 Å². The number of rotatable bonds is 14. The Morgan fingerprint density at radius 2 is 1.33 bits per heavy atom. The quantitative estimate of drug-likeness (QED) is 0.269. The smallest absolute Gasteiger partial charge is 0.128 e. The van der Waals surface area contributed by atoms with Crippen LogP contribution in [0.4, 0.5) is 0 Å². The van der Waals surface area contributed by atoms with Crippen LogP contribution in [-0.2, 0) is 12.8 Å². The maximum Gasteiger partial charge on any atom is 0.128 e. The minimum Gasteiger partial charge on any atom is -0.241 e. The molecule has 1 fully saturated rings. The molecule has 33 heavy (non-hydrogen) atoms. The minimum absolute atomic E-state index is 0.939. The second-order valence-corrected chi connectivity index (χ2v) is 10.6. The zero-order valence-electron chi connectivity index (χ0n) is 21.7. The Labute approximate surface area is 204 Å². The van der Waals surface area contributed by atoms with Crippen molar-refractivity contribution in [1.29, 1.82) is 0 Å². The lowest BCUT2D eigenvalue weighted by atomic mass is 9.77. The fourth-order valence-electron chi connectivity index (χ4n) is 5.57. The highest BCUT2D eigenvalue weighted by atomic mass is 14.9. The van der Waals surface area contributed by atoms with Gasteiger partial charge in [0.05, 0.1) is 0 Å². The number of hydrogen-bond acceptors (Lipinski definition) is 2. The van der Waals surface area contributed by atoms with E-state index < -0.39 is 0 Å². The molecule has 1 aliphatic rings. The zero-order chi connectivity index (χ0) is 23.3. The van der Waals surface area contributed by atoms with Gasteiger partial charge in [0.25, 0.3) is 0 Å². The summed E-state index contributed by atoms with van der Waals surface area (Å²) in [5.74, 6) is 2.91. The average Bonchev–Trinajstić information content (AvgIpc) is 2.84. The van der Waals surface area contributed by atoms with E-state index in [9.17, 15) is 0 Å². The van der Waals surface area contributed by atoms with Crippen LogP contribution in [0.25, 0.3) is 11.1 Å². The first-order valence-corrected chi connectivity index (χ1v) is 14.1. The Balaban J connectivity index is 1.36. The van der Waals surface area contributed by atoms with Gasteiger partial charge in [-0.25, -0.2) is 9.97 Å². The molecule has 0 aliphatic heterocycles. The van der Waals surface area contributed by atoms with Gasteiger partial charge in [-0.15, -0.1) is 0 Å². The molecular weight excluding hydrogens is 400 g/mol. The standard InChI is InChI=1S/C31H48N2/c1-4-6-7-8-9-10-11-13-26-14-16-27(17-15-26)18-19-28-20-21-29(22-25(28)3)30-23-32-31(12-5-2)33-24-30/h20-24,26-27H,4-19H2,1-3H3. The van der Waals surface area contributed by atoms with Crippen molar-refractivity contribution in [3.8, 4) is 11.1 Å². The Hall–Kier alpha value is -1.70. The lowest BCUT2D eigenvalue weighted by Crippen LogP contribution is -2.15. The van der Waals surface area contributed by atoms with Crippen molar-refractivity contribution in [3.63, 3.8) is 0 Å². The first-order valence-electron chi connectivity index (χ1n) is 14.1. The Bertz CT molecular complexity index is 787. The normalized spacial score (nSPS) is 18.5. The average molecular weight is 449 g/mol. The lowest BCUT2D eigenvalue weighted by Gasteiger charge is -2.28. The molecule has 2 nitrogen and oxygen atoms in total. The van der Waals surface area contributed by atoms with E-state index in [-0.39, 0.29) is 0 Å². The molecule has 1 aliphatic carbocycles. The van der Waals surface area contributed by atoms with Gasteiger partial charge >= 0.3 is 0 Å². The molecule has 0 amide bonds. The van der Waals surface area contributed by atoms with Crippen LogP contribution < -0.4 is 0 Å². The second-order valence-electron chi connectivity index (χ2n) is 10.6. The fraction of sp³-hybridized carbons (Fsp3) is 0.677. The van der Waals surface area contributed by atoms with Crippen molar-refractivity contribution in [3.05, 3.63) is 47.5 Å². The summed E-state index contributed by atoms with van der Waals surface area (Å²) < 4.78 is 0. The second kappa shape index (κ2) is 14.5. The molecule has 2 heteroatoms. The van der Waals surface area contributed by atoms with E-state index in [0.717, 1.165) is 36.1 Å². The van der Waals surface area contributed by atoms with Crippen LogP contribution in [0, 0.1) is 18.8 Å². The summed E-state index contributed by atoms with van der Waals surface area (Å²) in [6.07, 6.45) is 26.1. The van der Waals surface area contributed by atoms with Crippen molar-refractivity contribution in [2.24, 2.45) is 11.8 Å². The topological polar surface area (TPSA) is 25.8 Å². The fourth-order valence-corrected chi connectivity index (χ4v) is 5.57. The highest BCUT2D eigenvalue weighted by Gasteiger charge is 2.21. The molecular formula is C31H48N2. The first kappa shape index (κ1) is 25.9. The summed E-state index contributed by atoms with van der Waals surface area (Å²) in [4.78, 5) is 9.06. The van der Waals surface area contributed by atoms with Gasteiger partial charge in [-0.2, -0.15) is 0 Å². The molecule has 1 aromatic carbocycles. The molecule has 1 heterocycles. The third-order valence-corrected chi connectivity index (χ3v) is 7.86. The van der Waals surface area contributed by atoms with Gasteiger partial charge in [0.2, 0.25) is 0 Å². The maximum absolute atomic E-state index is 4.53. The molecule has 1 aromatic heterocycles. The van der Waals surface area contributed by atoms with E-state index in [1.54, 1.807) is 0 Å². The molecule has 2 aromatic rings. The summed E-state index contributed by atoms with van der Waals surface area (Å²) in [5, 5.41) is 0. The SMILES string of the molecule is CCCCCCCCCC1CCC(CCc2ccc(-c3cnc(CCC)nc3)cc2C)CC1. The van der Waals surface area contributed by atoms with Gasteiger partial charge in [0.1, 0.15) is 5.82 Å². The Morgan fingerprint density at radius 1 is 0.697 bits per heavy atom. The van der Waals surface area contributed by atoms with E-state index in [4.69, 9.17) is 0 Å². The van der Waals surface area contributed by atoms with Gasteiger partial charge in [-0.1, -0.05) is 109 Å². The molecule has 0 bridgehead atoms. The van der Waals surface area contributed by atoms with Crippen LogP contribution in [0.3, 0.4) is 0 Å². The number of hydrogen-bond donors (Lipinski definition) is 0. The Kier molecular flexibility index (Phi) is 11.4. The summed E-state index contributed by atoms with van der Waals surface area (Å²) in [5.41, 5.74) is 5.30. The largest absolute Gasteiger partial charge is 0.241 e. The summed E-state index contributed by atoms with van der Waals surface area (Å²) in [6.45, 7) is 6.74. The van der Waals surface area contributed by atoms with Crippen molar-refractivity contribution in [2.45, 2.75) is 124 Å². The van der Waals surface area contributed by atoms with Crippen molar-refractivity contribution in [2.75, 3.05) is 0 Å². The maximum atomic E-state index is 4.53. The number of benzene rings is 1. The molecule has 0 saturated heterocycles. The molecule has 0 atom stereocenters. The first-order chi connectivity index (χ1) is 16.2. The third kappa shape index (κ3) is 8.87. The molecule has 1 saturated carbocycles. The van der Waals surface area contributed by atoms with Crippen LogP contribution in [0.15, 0.2) is 30.6 Å². The monoisotopic (exact) mass is 448 g/mol. The van der Waals surface area contributed by atoms with Crippen molar-refractivity contribution < 1.29 is 0 Å². The van der Waals surface area contributed by atoms with E-state index in [0.29, 0.717) is 0 Å². The van der Waals surface area contributed by atoms with E-state index >= 15 is 0 Å². The van der Waals surface area contributed by atoms with Gasteiger partial charge in [0.15, 0.2) is 0 Å².